The molecule has 0 aliphatic carbocycles. The monoisotopic (exact) mass is 273 g/mol. The molecule has 2 N–H and O–H groups in total. The van der Waals surface area contributed by atoms with Crippen LogP contribution in [0.15, 0.2) is 0 Å². The van der Waals surface area contributed by atoms with Crippen molar-refractivity contribution in [1.82, 2.24) is 5.32 Å². The molecule has 0 saturated heterocycles. The van der Waals surface area contributed by atoms with Crippen molar-refractivity contribution in [1.29, 1.82) is 0 Å². The Morgan fingerprint density at radius 3 is 2.05 bits per heavy atom. The summed E-state index contributed by atoms with van der Waals surface area (Å²) in [6.07, 6.45) is 1.38. The molecule has 1 amide bonds. The van der Waals surface area contributed by atoms with E-state index in [1.807, 2.05) is 0 Å². The number of aliphatic carboxylic acids is 1. The van der Waals surface area contributed by atoms with Crippen LogP contribution in [0.25, 0.3) is 0 Å². The van der Waals surface area contributed by atoms with Crippen LogP contribution in [0.5, 0.6) is 0 Å². The van der Waals surface area contributed by atoms with Gasteiger partial charge in [0.15, 0.2) is 0 Å². The maximum Gasteiger partial charge on any atom is 0.408 e. The average Bonchev–Trinajstić information content (AvgIpc) is 2.10. The van der Waals surface area contributed by atoms with Gasteiger partial charge in [0.1, 0.15) is 11.6 Å². The van der Waals surface area contributed by atoms with E-state index in [9.17, 15) is 9.59 Å². The van der Waals surface area contributed by atoms with Crippen LogP contribution in [0.4, 0.5) is 4.79 Å². The van der Waals surface area contributed by atoms with Crippen LogP contribution in [-0.4, -0.2) is 28.8 Å². The summed E-state index contributed by atoms with van der Waals surface area (Å²) in [5.74, 6) is -1.03. The van der Waals surface area contributed by atoms with Crippen molar-refractivity contribution in [3.63, 3.8) is 0 Å². The first-order chi connectivity index (χ1) is 8.41. The molecule has 5 nitrogen and oxygen atoms in total. The van der Waals surface area contributed by atoms with Gasteiger partial charge in [-0.05, 0) is 39.0 Å². The van der Waals surface area contributed by atoms with Crippen LogP contribution in [0.1, 0.15) is 60.8 Å². The summed E-state index contributed by atoms with van der Waals surface area (Å²) in [6, 6.07) is -0.891. The second-order valence-corrected chi connectivity index (χ2v) is 6.99. The second-order valence-electron chi connectivity index (χ2n) is 6.99. The number of amides is 1. The largest absolute Gasteiger partial charge is 0.480 e. The zero-order chi connectivity index (χ0) is 15.3. The van der Waals surface area contributed by atoms with Crippen LogP contribution in [0.3, 0.4) is 0 Å². The Morgan fingerprint density at radius 1 is 1.16 bits per heavy atom. The normalized spacial score (nSPS) is 13.8. The summed E-state index contributed by atoms with van der Waals surface area (Å²) >= 11 is 0. The standard InChI is InChI=1S/C14H27NO4/c1-13(2,3)9-7-8-10(11(16)17)15-12(18)19-14(4,5)6/h10H,7-9H2,1-6H3,(H,15,18)(H,16,17). The van der Waals surface area contributed by atoms with E-state index < -0.39 is 23.7 Å². The van der Waals surface area contributed by atoms with E-state index >= 15 is 0 Å². The van der Waals surface area contributed by atoms with Crippen molar-refractivity contribution in [3.8, 4) is 0 Å². The summed E-state index contributed by atoms with van der Waals surface area (Å²) in [4.78, 5) is 22.6. The molecule has 5 heteroatoms. The minimum absolute atomic E-state index is 0.162. The fourth-order valence-corrected chi connectivity index (χ4v) is 1.54. The molecule has 19 heavy (non-hydrogen) atoms. The third kappa shape index (κ3) is 10.4. The Balaban J connectivity index is 4.28. The van der Waals surface area contributed by atoms with Crippen LogP contribution in [0, 0.1) is 5.41 Å². The third-order valence-corrected chi connectivity index (χ3v) is 2.41. The van der Waals surface area contributed by atoms with Crippen LogP contribution in [-0.2, 0) is 9.53 Å². The molecule has 1 unspecified atom stereocenters. The number of rotatable bonds is 5. The number of carboxylic acids is 1. The highest BCUT2D eigenvalue weighted by Crippen LogP contribution is 2.22. The van der Waals surface area contributed by atoms with Gasteiger partial charge in [0, 0.05) is 0 Å². The third-order valence-electron chi connectivity index (χ3n) is 2.41. The van der Waals surface area contributed by atoms with Gasteiger partial charge in [-0.2, -0.15) is 0 Å². The maximum absolute atomic E-state index is 11.5. The predicted molar refractivity (Wildman–Crippen MR) is 74.1 cm³/mol. The van der Waals surface area contributed by atoms with Gasteiger partial charge in [-0.15, -0.1) is 0 Å². The second kappa shape index (κ2) is 6.78. The van der Waals surface area contributed by atoms with Crippen LogP contribution in [0.2, 0.25) is 0 Å². The molecular weight excluding hydrogens is 246 g/mol. The first kappa shape index (κ1) is 17.7. The van der Waals surface area contributed by atoms with E-state index in [4.69, 9.17) is 9.84 Å². The van der Waals surface area contributed by atoms with E-state index in [2.05, 4.69) is 26.1 Å². The minimum Gasteiger partial charge on any atom is -0.480 e. The molecule has 0 aromatic rings. The van der Waals surface area contributed by atoms with Gasteiger partial charge in [0.05, 0.1) is 0 Å². The lowest BCUT2D eigenvalue weighted by atomic mass is 9.89. The highest BCUT2D eigenvalue weighted by atomic mass is 16.6. The summed E-state index contributed by atoms with van der Waals surface area (Å²) in [5, 5.41) is 11.5. The Morgan fingerprint density at radius 2 is 1.68 bits per heavy atom. The lowest BCUT2D eigenvalue weighted by Gasteiger charge is -2.23. The van der Waals surface area contributed by atoms with E-state index in [1.54, 1.807) is 20.8 Å². The smallest absolute Gasteiger partial charge is 0.408 e. The molecule has 0 fully saturated rings. The Labute approximate surface area is 115 Å². The number of carbonyl (C=O) groups is 2. The zero-order valence-corrected chi connectivity index (χ0v) is 12.9. The molecule has 0 heterocycles. The van der Waals surface area contributed by atoms with E-state index in [1.165, 1.54) is 0 Å². The van der Waals surface area contributed by atoms with Crippen molar-refractivity contribution < 1.29 is 19.4 Å². The van der Waals surface area contributed by atoms with Crippen molar-refractivity contribution in [3.05, 3.63) is 0 Å². The van der Waals surface area contributed by atoms with Gasteiger partial charge in [0.2, 0.25) is 0 Å². The molecule has 0 bridgehead atoms. The van der Waals surface area contributed by atoms with Gasteiger partial charge in [-0.1, -0.05) is 27.2 Å². The highest BCUT2D eigenvalue weighted by Gasteiger charge is 2.24. The zero-order valence-electron chi connectivity index (χ0n) is 12.9. The molecule has 0 spiro atoms. The topological polar surface area (TPSA) is 75.6 Å². The fraction of sp³-hybridized carbons (Fsp3) is 0.857. The summed E-state index contributed by atoms with van der Waals surface area (Å²) in [6.45, 7) is 11.5. The van der Waals surface area contributed by atoms with Crippen molar-refractivity contribution in [2.45, 2.75) is 72.4 Å². The van der Waals surface area contributed by atoms with Crippen LogP contribution < -0.4 is 5.32 Å². The summed E-state index contributed by atoms with van der Waals surface area (Å²) < 4.78 is 5.05. The molecule has 0 radical (unpaired) electrons. The number of alkyl carbamates (subject to hydrolysis) is 1. The highest BCUT2D eigenvalue weighted by molar-refractivity contribution is 5.79. The molecule has 0 rings (SSSR count). The van der Waals surface area contributed by atoms with Crippen molar-refractivity contribution in [2.24, 2.45) is 5.41 Å². The molecule has 1 atom stereocenters. The molecule has 0 aliphatic rings. The van der Waals surface area contributed by atoms with Gasteiger partial charge in [0.25, 0.3) is 0 Å². The van der Waals surface area contributed by atoms with Crippen molar-refractivity contribution in [2.75, 3.05) is 0 Å². The number of hydrogen-bond donors (Lipinski definition) is 2. The summed E-state index contributed by atoms with van der Waals surface area (Å²) in [5.41, 5.74) is -0.465. The number of nitrogens with one attached hydrogen (secondary N) is 1. The first-order valence-corrected chi connectivity index (χ1v) is 6.63. The molecule has 0 aliphatic heterocycles. The van der Waals surface area contributed by atoms with Crippen molar-refractivity contribution >= 4 is 12.1 Å². The van der Waals surface area contributed by atoms with E-state index in [0.717, 1.165) is 12.8 Å². The molecule has 0 aromatic carbocycles. The number of carboxylic acid groups (broad SMARTS) is 1. The SMILES string of the molecule is CC(C)(C)CCCC(NC(=O)OC(C)(C)C)C(=O)O. The van der Waals surface area contributed by atoms with Gasteiger partial charge in [-0.25, -0.2) is 9.59 Å². The number of ether oxygens (including phenoxy) is 1. The first-order valence-electron chi connectivity index (χ1n) is 6.63. The van der Waals surface area contributed by atoms with E-state index in [0.29, 0.717) is 6.42 Å². The fourth-order valence-electron chi connectivity index (χ4n) is 1.54. The lowest BCUT2D eigenvalue weighted by molar-refractivity contribution is -0.139. The van der Waals surface area contributed by atoms with Crippen LogP contribution >= 0.6 is 0 Å². The quantitative estimate of drug-likeness (QED) is 0.806. The predicted octanol–water partition coefficient (Wildman–Crippen LogP) is 3.18. The molecule has 0 aromatic heterocycles. The molecular formula is C14H27NO4. The maximum atomic E-state index is 11.5. The molecule has 112 valence electrons. The van der Waals surface area contributed by atoms with Gasteiger partial charge < -0.3 is 15.2 Å². The molecule has 0 saturated carbocycles. The Kier molecular flexibility index (Phi) is 6.33. The lowest BCUT2D eigenvalue weighted by Crippen LogP contribution is -2.43. The number of carbonyl (C=O) groups excluding carboxylic acids is 1. The van der Waals surface area contributed by atoms with Gasteiger partial charge >= 0.3 is 12.1 Å². The number of hydrogen-bond acceptors (Lipinski definition) is 3. The minimum atomic E-state index is -1.03. The average molecular weight is 273 g/mol. The van der Waals surface area contributed by atoms with Gasteiger partial charge in [-0.3, -0.25) is 0 Å². The van der Waals surface area contributed by atoms with E-state index in [-0.39, 0.29) is 5.41 Å². The Bertz CT molecular complexity index is 312. The summed E-state index contributed by atoms with van der Waals surface area (Å²) in [7, 11) is 0. The Hall–Kier alpha value is -1.26.